The van der Waals surface area contributed by atoms with Crippen LogP contribution in [-0.2, 0) is 22.3 Å². The van der Waals surface area contributed by atoms with Gasteiger partial charge in [-0.15, -0.1) is 0 Å². The van der Waals surface area contributed by atoms with E-state index in [0.717, 1.165) is 12.1 Å². The third-order valence-corrected chi connectivity index (χ3v) is 5.65. The average molecular weight is 501 g/mol. The largest absolute Gasteiger partial charge is 0.418 e. The maximum absolute atomic E-state index is 13.2. The minimum Gasteiger partial charge on any atom is -0.378 e. The first-order valence-corrected chi connectivity index (χ1v) is 10.9. The van der Waals surface area contributed by atoms with Crippen molar-refractivity contribution in [2.24, 2.45) is 0 Å². The predicted octanol–water partition coefficient (Wildman–Crippen LogP) is 2.74. The molecule has 12 heteroatoms. The smallest absolute Gasteiger partial charge is 0.378 e. The first kappa shape index (κ1) is 24.9. The summed E-state index contributed by atoms with van der Waals surface area (Å²) in [5.41, 5.74) is -1.57. The van der Waals surface area contributed by atoms with Gasteiger partial charge in [0.1, 0.15) is 5.54 Å². The molecule has 2 heterocycles. The number of hydrogen-bond acceptors (Lipinski definition) is 6. The van der Waals surface area contributed by atoms with Gasteiger partial charge >= 0.3 is 6.18 Å². The van der Waals surface area contributed by atoms with Crippen LogP contribution in [0.5, 0.6) is 0 Å². The highest BCUT2D eigenvalue weighted by Crippen LogP contribution is 2.35. The van der Waals surface area contributed by atoms with Crippen LogP contribution in [0, 0.1) is 0 Å². The van der Waals surface area contributed by atoms with Crippen molar-refractivity contribution in [2.75, 3.05) is 18.5 Å². The SMILES string of the molecule is O=C(NC1(C(=O)NCc2ccc(Nc3ccccc3C(F)(F)F)cc2)CCOC1)c1cn[nH]c(=O)c1. The van der Waals surface area contributed by atoms with Gasteiger partial charge in [-0.3, -0.25) is 14.4 Å². The molecule has 4 rings (SSSR count). The molecular weight excluding hydrogens is 479 g/mol. The lowest BCUT2D eigenvalue weighted by atomic mass is 9.96. The third kappa shape index (κ3) is 5.71. The molecule has 2 aromatic carbocycles. The molecule has 1 aliphatic rings. The Hall–Kier alpha value is -4.19. The highest BCUT2D eigenvalue weighted by molar-refractivity contribution is 5.99. The van der Waals surface area contributed by atoms with E-state index in [1.54, 1.807) is 24.3 Å². The lowest BCUT2D eigenvalue weighted by Crippen LogP contribution is -2.59. The number of nitrogens with one attached hydrogen (secondary N) is 4. The number of hydrogen-bond donors (Lipinski definition) is 4. The summed E-state index contributed by atoms with van der Waals surface area (Å²) in [5, 5.41) is 13.9. The summed E-state index contributed by atoms with van der Waals surface area (Å²) in [7, 11) is 0. The summed E-state index contributed by atoms with van der Waals surface area (Å²) < 4.78 is 45.0. The number of rotatable bonds is 7. The highest BCUT2D eigenvalue weighted by atomic mass is 19.4. The molecule has 2 amide bonds. The molecule has 1 fully saturated rings. The van der Waals surface area contributed by atoms with Crippen LogP contribution in [0.15, 0.2) is 65.6 Å². The Morgan fingerprint density at radius 2 is 1.86 bits per heavy atom. The van der Waals surface area contributed by atoms with Crippen LogP contribution < -0.4 is 21.5 Å². The Bertz CT molecular complexity index is 1300. The first-order valence-electron chi connectivity index (χ1n) is 10.9. The molecule has 3 aromatic rings. The molecule has 0 saturated carbocycles. The summed E-state index contributed by atoms with van der Waals surface area (Å²) in [6.07, 6.45) is -3.07. The van der Waals surface area contributed by atoms with Gasteiger partial charge in [-0.05, 0) is 29.8 Å². The van der Waals surface area contributed by atoms with E-state index < -0.39 is 34.7 Å². The Balaban J connectivity index is 1.39. The van der Waals surface area contributed by atoms with Crippen molar-refractivity contribution >= 4 is 23.2 Å². The predicted molar refractivity (Wildman–Crippen MR) is 124 cm³/mol. The quantitative estimate of drug-likeness (QED) is 0.395. The summed E-state index contributed by atoms with van der Waals surface area (Å²) in [6, 6.07) is 12.8. The summed E-state index contributed by atoms with van der Waals surface area (Å²) in [6.45, 7) is 0.339. The number of ether oxygens (including phenoxy) is 1. The lowest BCUT2D eigenvalue weighted by molar-refractivity contribution is -0.137. The van der Waals surface area contributed by atoms with Gasteiger partial charge in [0.05, 0.1) is 29.6 Å². The molecule has 1 aromatic heterocycles. The van der Waals surface area contributed by atoms with Gasteiger partial charge in [-0.1, -0.05) is 24.3 Å². The van der Waals surface area contributed by atoms with E-state index in [0.29, 0.717) is 11.3 Å². The molecule has 1 unspecified atom stereocenters. The first-order chi connectivity index (χ1) is 17.2. The number of para-hydroxylation sites is 1. The second-order valence-corrected chi connectivity index (χ2v) is 8.22. The van der Waals surface area contributed by atoms with Crippen LogP contribution in [-0.4, -0.2) is 40.8 Å². The lowest BCUT2D eigenvalue weighted by Gasteiger charge is -2.27. The maximum Gasteiger partial charge on any atom is 0.418 e. The van der Waals surface area contributed by atoms with Crippen molar-refractivity contribution in [1.82, 2.24) is 20.8 Å². The van der Waals surface area contributed by atoms with Crippen LogP contribution >= 0.6 is 0 Å². The molecule has 0 spiro atoms. The van der Waals surface area contributed by atoms with Gasteiger partial charge in [-0.2, -0.15) is 18.3 Å². The van der Waals surface area contributed by atoms with Crippen molar-refractivity contribution < 1.29 is 27.5 Å². The van der Waals surface area contributed by atoms with Crippen LogP contribution in [0.1, 0.15) is 27.9 Å². The van der Waals surface area contributed by atoms with Crippen LogP contribution in [0.3, 0.4) is 0 Å². The highest BCUT2D eigenvalue weighted by Gasteiger charge is 2.43. The Morgan fingerprint density at radius 3 is 2.53 bits per heavy atom. The van der Waals surface area contributed by atoms with E-state index in [9.17, 15) is 27.6 Å². The number of benzene rings is 2. The van der Waals surface area contributed by atoms with Crippen molar-refractivity contribution in [3.63, 3.8) is 0 Å². The summed E-state index contributed by atoms with van der Waals surface area (Å²) >= 11 is 0. The molecule has 188 valence electrons. The molecular formula is C24H22F3N5O4. The number of aromatic amines is 1. The summed E-state index contributed by atoms with van der Waals surface area (Å²) in [4.78, 5) is 37.0. The molecule has 1 aliphatic heterocycles. The van der Waals surface area contributed by atoms with E-state index in [2.05, 4.69) is 26.1 Å². The van der Waals surface area contributed by atoms with Crippen molar-refractivity contribution in [2.45, 2.75) is 24.7 Å². The van der Waals surface area contributed by atoms with Gasteiger partial charge in [0.15, 0.2) is 0 Å². The fraction of sp³-hybridized carbons (Fsp3) is 0.250. The van der Waals surface area contributed by atoms with Gasteiger partial charge < -0.3 is 20.7 Å². The van der Waals surface area contributed by atoms with E-state index >= 15 is 0 Å². The zero-order valence-corrected chi connectivity index (χ0v) is 18.8. The second-order valence-electron chi connectivity index (χ2n) is 8.22. The third-order valence-electron chi connectivity index (χ3n) is 5.65. The average Bonchev–Trinajstić information content (AvgIpc) is 3.33. The van der Waals surface area contributed by atoms with Crippen molar-refractivity contribution in [3.8, 4) is 0 Å². The molecule has 0 bridgehead atoms. The number of halogens is 3. The number of nitrogens with zero attached hydrogens (tertiary/aromatic N) is 1. The minimum absolute atomic E-state index is 0.00742. The van der Waals surface area contributed by atoms with Crippen LogP contribution in [0.25, 0.3) is 0 Å². The van der Waals surface area contributed by atoms with Gasteiger partial charge in [0.2, 0.25) is 5.91 Å². The van der Waals surface area contributed by atoms with Crippen LogP contribution in [0.4, 0.5) is 24.5 Å². The molecule has 1 atom stereocenters. The van der Waals surface area contributed by atoms with E-state index in [1.807, 2.05) is 0 Å². The minimum atomic E-state index is -4.49. The standard InChI is InChI=1S/C24H22F3N5O4/c25-24(26,27)18-3-1-2-4-19(18)30-17-7-5-15(6-8-17)12-28-22(35)23(9-10-36-14-23)31-21(34)16-11-20(33)32-29-13-16/h1-8,11,13,30H,9-10,12,14H2,(H,28,35)(H,31,34)(H,32,33). The van der Waals surface area contributed by atoms with Crippen LogP contribution in [0.2, 0.25) is 0 Å². The zero-order valence-electron chi connectivity index (χ0n) is 18.8. The second kappa shape index (κ2) is 10.2. The number of carbonyl (C=O) groups excluding carboxylic acids is 2. The topological polar surface area (TPSA) is 125 Å². The molecule has 1 saturated heterocycles. The monoisotopic (exact) mass is 501 g/mol. The Kier molecular flexibility index (Phi) is 7.06. The zero-order chi connectivity index (χ0) is 25.8. The van der Waals surface area contributed by atoms with E-state index in [1.165, 1.54) is 24.4 Å². The number of carbonyl (C=O) groups is 2. The van der Waals surface area contributed by atoms with E-state index in [-0.39, 0.29) is 37.4 Å². The number of H-pyrrole nitrogens is 1. The number of anilines is 2. The normalized spacial score (nSPS) is 17.4. The Labute approximate surface area is 203 Å². The van der Waals surface area contributed by atoms with Crippen molar-refractivity contribution in [3.05, 3.63) is 87.8 Å². The molecule has 36 heavy (non-hydrogen) atoms. The number of aromatic nitrogens is 2. The molecule has 0 aliphatic carbocycles. The van der Waals surface area contributed by atoms with Gasteiger partial charge in [0, 0.05) is 31.3 Å². The van der Waals surface area contributed by atoms with E-state index in [4.69, 9.17) is 4.74 Å². The number of alkyl halides is 3. The Morgan fingerprint density at radius 1 is 1.11 bits per heavy atom. The van der Waals surface area contributed by atoms with Gasteiger partial charge in [0.25, 0.3) is 11.5 Å². The fourth-order valence-electron chi connectivity index (χ4n) is 3.74. The molecule has 0 radical (unpaired) electrons. The number of amides is 2. The van der Waals surface area contributed by atoms with Gasteiger partial charge in [-0.25, -0.2) is 5.10 Å². The molecule has 4 N–H and O–H groups in total. The fourth-order valence-corrected chi connectivity index (χ4v) is 3.74. The maximum atomic E-state index is 13.2. The molecule has 9 nitrogen and oxygen atoms in total. The van der Waals surface area contributed by atoms with Crippen molar-refractivity contribution in [1.29, 1.82) is 0 Å². The summed E-state index contributed by atoms with van der Waals surface area (Å²) in [5.74, 6) is -1.10.